The summed E-state index contributed by atoms with van der Waals surface area (Å²) >= 11 is 1.26. The lowest BCUT2D eigenvalue weighted by Gasteiger charge is -2.24. The van der Waals surface area contributed by atoms with E-state index in [-0.39, 0.29) is 12.2 Å². The number of esters is 2. The Kier molecular flexibility index (Phi) is 6.61. The summed E-state index contributed by atoms with van der Waals surface area (Å²) in [6.07, 6.45) is 1.76. The number of carbonyl (C=O) groups excluding carboxylic acids is 2. The molecule has 0 amide bonds. The van der Waals surface area contributed by atoms with Gasteiger partial charge in [0.05, 0.1) is 28.5 Å². The maximum Gasteiger partial charge on any atom is 0.338 e. The molecule has 0 saturated heterocycles. The zero-order valence-electron chi connectivity index (χ0n) is 19.3. The van der Waals surface area contributed by atoms with Crippen molar-refractivity contribution < 1.29 is 19.1 Å². The van der Waals surface area contributed by atoms with Crippen molar-refractivity contribution in [2.24, 2.45) is 4.99 Å². The van der Waals surface area contributed by atoms with Gasteiger partial charge in [0.1, 0.15) is 5.75 Å². The quantitative estimate of drug-likeness (QED) is 0.417. The maximum absolute atomic E-state index is 13.6. The van der Waals surface area contributed by atoms with Crippen molar-refractivity contribution >= 4 is 29.4 Å². The highest BCUT2D eigenvalue weighted by Gasteiger charge is 2.33. The number of rotatable bonds is 5. The van der Waals surface area contributed by atoms with Gasteiger partial charge in [-0.05, 0) is 50.1 Å². The summed E-state index contributed by atoms with van der Waals surface area (Å²) in [6.45, 7) is 7.06. The van der Waals surface area contributed by atoms with Crippen molar-refractivity contribution in [3.63, 3.8) is 0 Å². The van der Waals surface area contributed by atoms with Crippen LogP contribution in [0.15, 0.2) is 69.6 Å². The largest absolute Gasteiger partial charge is 0.463 e. The molecule has 0 saturated carbocycles. The van der Waals surface area contributed by atoms with Crippen molar-refractivity contribution in [3.8, 4) is 5.75 Å². The molecule has 1 aromatic heterocycles. The molecule has 0 bridgehead atoms. The molecule has 4 rings (SSSR count). The molecule has 174 valence electrons. The van der Waals surface area contributed by atoms with Crippen LogP contribution in [-0.2, 0) is 14.3 Å². The first-order valence-corrected chi connectivity index (χ1v) is 11.6. The molecule has 2 heterocycles. The van der Waals surface area contributed by atoms with Crippen molar-refractivity contribution in [3.05, 3.63) is 96.2 Å². The third kappa shape index (κ3) is 4.63. The molecule has 7 nitrogen and oxygen atoms in total. The van der Waals surface area contributed by atoms with Crippen LogP contribution in [0.5, 0.6) is 5.75 Å². The number of carbonyl (C=O) groups is 2. The van der Waals surface area contributed by atoms with E-state index in [1.54, 1.807) is 48.8 Å². The Hall–Kier alpha value is -3.78. The van der Waals surface area contributed by atoms with Gasteiger partial charge in [0.2, 0.25) is 0 Å². The maximum atomic E-state index is 13.6. The van der Waals surface area contributed by atoms with Gasteiger partial charge in [0.25, 0.3) is 5.56 Å². The summed E-state index contributed by atoms with van der Waals surface area (Å²) in [5.41, 5.74) is 3.30. The highest BCUT2D eigenvalue weighted by atomic mass is 32.1. The van der Waals surface area contributed by atoms with E-state index in [9.17, 15) is 14.4 Å². The third-order valence-corrected chi connectivity index (χ3v) is 6.33. The van der Waals surface area contributed by atoms with Crippen LogP contribution in [0.2, 0.25) is 0 Å². The Labute approximate surface area is 200 Å². The molecule has 0 spiro atoms. The fraction of sp³-hybridized carbons (Fsp3) is 0.231. The predicted octanol–water partition coefficient (Wildman–Crippen LogP) is 3.03. The normalized spacial score (nSPS) is 15.5. The minimum absolute atomic E-state index is 0.226. The highest BCUT2D eigenvalue weighted by molar-refractivity contribution is 7.07. The number of thiazole rings is 1. The molecule has 0 fully saturated rings. The van der Waals surface area contributed by atoms with Crippen LogP contribution in [0.25, 0.3) is 6.08 Å². The second kappa shape index (κ2) is 9.61. The number of benzene rings is 2. The van der Waals surface area contributed by atoms with Gasteiger partial charge in [0.15, 0.2) is 4.80 Å². The Morgan fingerprint density at radius 3 is 2.38 bits per heavy atom. The minimum atomic E-state index is -0.635. The molecule has 34 heavy (non-hydrogen) atoms. The van der Waals surface area contributed by atoms with Crippen molar-refractivity contribution in [1.82, 2.24) is 4.57 Å². The number of hydrogen-bond acceptors (Lipinski definition) is 7. The van der Waals surface area contributed by atoms with Crippen LogP contribution >= 0.6 is 11.3 Å². The van der Waals surface area contributed by atoms with Crippen LogP contribution in [0.1, 0.15) is 43.5 Å². The first kappa shape index (κ1) is 23.4. The van der Waals surface area contributed by atoms with E-state index in [4.69, 9.17) is 9.47 Å². The van der Waals surface area contributed by atoms with Gasteiger partial charge in [0, 0.05) is 6.92 Å². The summed E-state index contributed by atoms with van der Waals surface area (Å²) in [5.74, 6) is -0.449. The lowest BCUT2D eigenvalue weighted by molar-refractivity contribution is -0.139. The number of ether oxygens (including phenoxy) is 2. The van der Waals surface area contributed by atoms with Gasteiger partial charge in [-0.15, -0.1) is 0 Å². The molecular formula is C26H24N2O5S. The van der Waals surface area contributed by atoms with Gasteiger partial charge >= 0.3 is 11.9 Å². The molecule has 3 aromatic rings. The van der Waals surface area contributed by atoms with Crippen LogP contribution in [-0.4, -0.2) is 23.1 Å². The first-order chi connectivity index (χ1) is 16.3. The second-order valence-electron chi connectivity index (χ2n) is 7.88. The van der Waals surface area contributed by atoms with Gasteiger partial charge in [-0.2, -0.15) is 0 Å². The molecule has 1 unspecified atom stereocenters. The summed E-state index contributed by atoms with van der Waals surface area (Å²) < 4.78 is 12.4. The van der Waals surface area contributed by atoms with Gasteiger partial charge in [-0.25, -0.2) is 9.79 Å². The fourth-order valence-electron chi connectivity index (χ4n) is 3.81. The third-order valence-electron chi connectivity index (χ3n) is 5.35. The Morgan fingerprint density at radius 2 is 1.76 bits per heavy atom. The highest BCUT2D eigenvalue weighted by Crippen LogP contribution is 2.30. The van der Waals surface area contributed by atoms with E-state index >= 15 is 0 Å². The summed E-state index contributed by atoms with van der Waals surface area (Å²) in [6, 6.07) is 14.0. The monoisotopic (exact) mass is 476 g/mol. The van der Waals surface area contributed by atoms with Crippen LogP contribution in [0.4, 0.5) is 0 Å². The van der Waals surface area contributed by atoms with Crippen LogP contribution in [0, 0.1) is 6.92 Å². The predicted molar refractivity (Wildman–Crippen MR) is 129 cm³/mol. The zero-order valence-corrected chi connectivity index (χ0v) is 20.1. The number of aryl methyl sites for hydroxylation is 1. The second-order valence-corrected chi connectivity index (χ2v) is 8.88. The average Bonchev–Trinajstić information content (AvgIpc) is 3.09. The van der Waals surface area contributed by atoms with E-state index in [0.717, 1.165) is 16.7 Å². The van der Waals surface area contributed by atoms with Crippen molar-refractivity contribution in [2.75, 3.05) is 6.61 Å². The van der Waals surface area contributed by atoms with Gasteiger partial charge in [-0.1, -0.05) is 53.3 Å². The molecule has 0 aliphatic carbocycles. The Morgan fingerprint density at radius 1 is 1.09 bits per heavy atom. The fourth-order valence-corrected chi connectivity index (χ4v) is 4.85. The van der Waals surface area contributed by atoms with Crippen LogP contribution in [0.3, 0.4) is 0 Å². The van der Waals surface area contributed by atoms with Crippen LogP contribution < -0.4 is 19.6 Å². The van der Waals surface area contributed by atoms with E-state index in [1.807, 2.05) is 31.2 Å². The van der Waals surface area contributed by atoms with E-state index in [1.165, 1.54) is 18.3 Å². The number of nitrogens with zero attached hydrogens (tertiary/aromatic N) is 2. The molecule has 2 aromatic carbocycles. The molecule has 1 atom stereocenters. The van der Waals surface area contributed by atoms with Gasteiger partial charge in [-0.3, -0.25) is 14.2 Å². The smallest absolute Gasteiger partial charge is 0.338 e. The Bertz CT molecular complexity index is 1460. The summed E-state index contributed by atoms with van der Waals surface area (Å²) in [4.78, 5) is 42.7. The van der Waals surface area contributed by atoms with Crippen molar-refractivity contribution in [2.45, 2.75) is 33.7 Å². The lowest BCUT2D eigenvalue weighted by atomic mass is 9.95. The molecular weight excluding hydrogens is 452 g/mol. The minimum Gasteiger partial charge on any atom is -0.463 e. The number of allylic oxidation sites excluding steroid dienone is 1. The summed E-state index contributed by atoms with van der Waals surface area (Å²) in [5, 5.41) is 0. The number of hydrogen-bond donors (Lipinski definition) is 0. The van der Waals surface area contributed by atoms with E-state index in [2.05, 4.69) is 4.99 Å². The number of fused-ring (bicyclic) bond motifs is 1. The Balaban J connectivity index is 1.86. The molecule has 0 radical (unpaired) electrons. The summed E-state index contributed by atoms with van der Waals surface area (Å²) in [7, 11) is 0. The van der Waals surface area contributed by atoms with E-state index in [0.29, 0.717) is 26.4 Å². The van der Waals surface area contributed by atoms with Crippen molar-refractivity contribution in [1.29, 1.82) is 0 Å². The molecule has 0 N–H and O–H groups in total. The topological polar surface area (TPSA) is 87.0 Å². The standard InChI is InChI=1S/C26H24N2O5S/c1-5-32-25(31)22-16(3)27-26-28(23(22)19-10-6-15(2)7-11-19)24(30)21(34-26)14-18-8-12-20(13-9-18)33-17(4)29/h6-14,23H,5H2,1-4H3. The first-order valence-electron chi connectivity index (χ1n) is 10.8. The lowest BCUT2D eigenvalue weighted by Crippen LogP contribution is -2.39. The molecule has 1 aliphatic heterocycles. The molecule has 8 heteroatoms. The molecule has 1 aliphatic rings. The zero-order chi connectivity index (χ0) is 24.4. The number of aromatic nitrogens is 1. The van der Waals surface area contributed by atoms with E-state index < -0.39 is 18.0 Å². The SMILES string of the molecule is CCOC(=O)C1=C(C)N=c2sc(=Cc3ccc(OC(C)=O)cc3)c(=O)n2C1c1ccc(C)cc1. The average molecular weight is 477 g/mol. The van der Waals surface area contributed by atoms with Gasteiger partial charge < -0.3 is 9.47 Å².